The molecule has 1 aliphatic rings. The number of carbonyl (C=O) groups is 1. The average molecular weight is 280 g/mol. The molecule has 2 heterocycles. The second kappa shape index (κ2) is 7.35. The second-order valence-corrected chi connectivity index (χ2v) is 5.50. The maximum Gasteiger partial charge on any atom is 0.232 e. The van der Waals surface area contributed by atoms with Crippen molar-refractivity contribution in [1.29, 1.82) is 0 Å². The topological polar surface area (TPSA) is 62.5 Å². The van der Waals surface area contributed by atoms with Crippen LogP contribution >= 0.6 is 11.8 Å². The third kappa shape index (κ3) is 4.11. The maximum atomic E-state index is 11.9. The van der Waals surface area contributed by atoms with Crippen molar-refractivity contribution < 1.29 is 4.79 Å². The molecule has 104 valence electrons. The van der Waals surface area contributed by atoms with E-state index in [1.165, 1.54) is 0 Å². The van der Waals surface area contributed by atoms with Crippen LogP contribution in [0.1, 0.15) is 0 Å². The van der Waals surface area contributed by atoms with Crippen LogP contribution in [0.4, 0.5) is 5.82 Å². The lowest BCUT2D eigenvalue weighted by molar-refractivity contribution is -0.128. The highest BCUT2D eigenvalue weighted by atomic mass is 32.2. The van der Waals surface area contributed by atoms with Crippen molar-refractivity contribution in [2.45, 2.75) is 0 Å². The van der Waals surface area contributed by atoms with Gasteiger partial charge in [-0.15, -0.1) is 0 Å². The fourth-order valence-electron chi connectivity index (χ4n) is 2.06. The molecule has 0 bridgehead atoms. The fraction of sp³-hybridized carbons (Fsp3) is 0.538. The Morgan fingerprint density at radius 3 is 2.74 bits per heavy atom. The lowest BCUT2D eigenvalue weighted by Crippen LogP contribution is -2.49. The van der Waals surface area contributed by atoms with Crippen LogP contribution in [0.25, 0.3) is 0 Å². The highest BCUT2D eigenvalue weighted by Crippen LogP contribution is 2.13. The minimum Gasteiger partial charge on any atom is -0.353 e. The SMILES string of the molecule is NCCSCC(=O)N1CCN(c2ccccn2)CC1. The Kier molecular flexibility index (Phi) is 5.47. The Bertz CT molecular complexity index is 393. The molecule has 0 aromatic carbocycles. The molecule has 1 aliphatic heterocycles. The molecule has 2 N–H and O–H groups in total. The molecular formula is C13H20N4OS. The van der Waals surface area contributed by atoms with Crippen molar-refractivity contribution in [3.05, 3.63) is 24.4 Å². The first-order chi connectivity index (χ1) is 9.31. The first-order valence-electron chi connectivity index (χ1n) is 6.53. The summed E-state index contributed by atoms with van der Waals surface area (Å²) in [5, 5.41) is 0. The van der Waals surface area contributed by atoms with Gasteiger partial charge in [-0.1, -0.05) is 6.07 Å². The summed E-state index contributed by atoms with van der Waals surface area (Å²) in [4.78, 5) is 20.4. The molecule has 2 rings (SSSR count). The summed E-state index contributed by atoms with van der Waals surface area (Å²) in [5.74, 6) is 2.60. The van der Waals surface area contributed by atoms with E-state index < -0.39 is 0 Å². The number of amides is 1. The van der Waals surface area contributed by atoms with Crippen molar-refractivity contribution in [2.75, 3.05) is 49.1 Å². The molecule has 5 nitrogen and oxygen atoms in total. The van der Waals surface area contributed by atoms with Crippen molar-refractivity contribution in [3.8, 4) is 0 Å². The van der Waals surface area contributed by atoms with Crippen molar-refractivity contribution >= 4 is 23.5 Å². The van der Waals surface area contributed by atoms with Crippen LogP contribution in [-0.2, 0) is 4.79 Å². The van der Waals surface area contributed by atoms with Crippen LogP contribution in [0.2, 0.25) is 0 Å². The number of thioether (sulfide) groups is 1. The molecule has 0 unspecified atom stereocenters. The molecular weight excluding hydrogens is 260 g/mol. The van der Waals surface area contributed by atoms with Crippen LogP contribution in [0.3, 0.4) is 0 Å². The van der Waals surface area contributed by atoms with E-state index in [0.29, 0.717) is 12.3 Å². The Morgan fingerprint density at radius 2 is 2.11 bits per heavy atom. The van der Waals surface area contributed by atoms with Gasteiger partial charge in [0.15, 0.2) is 0 Å². The highest BCUT2D eigenvalue weighted by molar-refractivity contribution is 7.99. The van der Waals surface area contributed by atoms with Crippen LogP contribution in [0.5, 0.6) is 0 Å². The zero-order valence-corrected chi connectivity index (χ0v) is 11.8. The number of rotatable bonds is 5. The number of piperazine rings is 1. The van der Waals surface area contributed by atoms with E-state index in [-0.39, 0.29) is 5.91 Å². The summed E-state index contributed by atoms with van der Waals surface area (Å²) in [6.45, 7) is 3.89. The number of nitrogens with zero attached hydrogens (tertiary/aromatic N) is 3. The zero-order chi connectivity index (χ0) is 13.5. The number of anilines is 1. The molecule has 1 aromatic heterocycles. The maximum absolute atomic E-state index is 11.9. The van der Waals surface area contributed by atoms with Crippen molar-refractivity contribution in [2.24, 2.45) is 5.73 Å². The Hall–Kier alpha value is -1.27. The molecule has 0 atom stereocenters. The number of aromatic nitrogens is 1. The lowest BCUT2D eigenvalue weighted by atomic mass is 10.3. The summed E-state index contributed by atoms with van der Waals surface area (Å²) in [7, 11) is 0. The Morgan fingerprint density at radius 1 is 1.32 bits per heavy atom. The molecule has 0 radical (unpaired) electrons. The van der Waals surface area contributed by atoms with Crippen molar-refractivity contribution in [3.63, 3.8) is 0 Å². The summed E-state index contributed by atoms with van der Waals surface area (Å²) in [5.41, 5.74) is 5.42. The van der Waals surface area contributed by atoms with Gasteiger partial charge in [-0.2, -0.15) is 11.8 Å². The summed E-state index contributed by atoms with van der Waals surface area (Å²) in [6, 6.07) is 5.91. The molecule has 0 spiro atoms. The molecule has 6 heteroatoms. The minimum atomic E-state index is 0.221. The van der Waals surface area contributed by atoms with Crippen molar-refractivity contribution in [1.82, 2.24) is 9.88 Å². The molecule has 1 saturated heterocycles. The van der Waals surface area contributed by atoms with E-state index in [1.807, 2.05) is 23.1 Å². The first-order valence-corrected chi connectivity index (χ1v) is 7.68. The number of hydrogen-bond acceptors (Lipinski definition) is 5. The van der Waals surface area contributed by atoms with Crippen LogP contribution in [-0.4, -0.2) is 60.0 Å². The lowest BCUT2D eigenvalue weighted by Gasteiger charge is -2.35. The molecule has 19 heavy (non-hydrogen) atoms. The number of hydrogen-bond donors (Lipinski definition) is 1. The minimum absolute atomic E-state index is 0.221. The third-order valence-corrected chi connectivity index (χ3v) is 4.07. The average Bonchev–Trinajstić information content (AvgIpc) is 2.48. The van der Waals surface area contributed by atoms with Gasteiger partial charge < -0.3 is 15.5 Å². The number of nitrogens with two attached hydrogens (primary N) is 1. The Balaban J connectivity index is 1.77. The van der Waals surface area contributed by atoms with Gasteiger partial charge in [0, 0.05) is 44.7 Å². The predicted octanol–water partition coefficient (Wildman–Crippen LogP) is 0.422. The van der Waals surface area contributed by atoms with Gasteiger partial charge in [-0.3, -0.25) is 4.79 Å². The molecule has 1 amide bonds. The Labute approximate surface area is 118 Å². The number of carbonyl (C=O) groups excluding carboxylic acids is 1. The van der Waals surface area contributed by atoms with E-state index in [1.54, 1.807) is 18.0 Å². The van der Waals surface area contributed by atoms with E-state index in [9.17, 15) is 4.79 Å². The molecule has 1 fully saturated rings. The van der Waals surface area contributed by atoms with Crippen LogP contribution in [0, 0.1) is 0 Å². The molecule has 0 saturated carbocycles. The highest BCUT2D eigenvalue weighted by Gasteiger charge is 2.21. The van der Waals surface area contributed by atoms with Gasteiger partial charge in [0.2, 0.25) is 5.91 Å². The standard InChI is InChI=1S/C13H20N4OS/c14-4-10-19-11-13(18)17-8-6-16(7-9-17)12-3-1-2-5-15-12/h1-3,5H,4,6-11,14H2. The number of pyridine rings is 1. The predicted molar refractivity (Wildman–Crippen MR) is 79.4 cm³/mol. The van der Waals surface area contributed by atoms with E-state index >= 15 is 0 Å². The van der Waals surface area contributed by atoms with Crippen LogP contribution in [0.15, 0.2) is 24.4 Å². The third-order valence-electron chi connectivity index (χ3n) is 3.09. The quantitative estimate of drug-likeness (QED) is 0.792. The second-order valence-electron chi connectivity index (χ2n) is 4.40. The van der Waals surface area contributed by atoms with Gasteiger partial charge in [-0.25, -0.2) is 4.98 Å². The summed E-state index contributed by atoms with van der Waals surface area (Å²) in [6.07, 6.45) is 1.80. The largest absolute Gasteiger partial charge is 0.353 e. The summed E-state index contributed by atoms with van der Waals surface area (Å²) >= 11 is 1.61. The van der Waals surface area contributed by atoms with E-state index in [0.717, 1.165) is 37.7 Å². The van der Waals surface area contributed by atoms with Gasteiger partial charge in [0.1, 0.15) is 5.82 Å². The normalized spacial score (nSPS) is 15.6. The van der Waals surface area contributed by atoms with E-state index in [4.69, 9.17) is 5.73 Å². The first kappa shape index (κ1) is 14.1. The molecule has 0 aliphatic carbocycles. The van der Waals surface area contributed by atoms with Gasteiger partial charge in [0.05, 0.1) is 5.75 Å². The summed E-state index contributed by atoms with van der Waals surface area (Å²) < 4.78 is 0. The van der Waals surface area contributed by atoms with Gasteiger partial charge in [-0.05, 0) is 12.1 Å². The van der Waals surface area contributed by atoms with Gasteiger partial charge in [0.25, 0.3) is 0 Å². The monoisotopic (exact) mass is 280 g/mol. The smallest absolute Gasteiger partial charge is 0.232 e. The van der Waals surface area contributed by atoms with E-state index in [2.05, 4.69) is 9.88 Å². The zero-order valence-electron chi connectivity index (χ0n) is 11.0. The van der Waals surface area contributed by atoms with Crippen LogP contribution < -0.4 is 10.6 Å². The molecule has 1 aromatic rings. The van der Waals surface area contributed by atoms with Gasteiger partial charge >= 0.3 is 0 Å². The fourth-order valence-corrected chi connectivity index (χ4v) is 2.73.